The first-order chi connectivity index (χ1) is 14.6. The van der Waals surface area contributed by atoms with Crippen molar-refractivity contribution in [1.29, 1.82) is 0 Å². The summed E-state index contributed by atoms with van der Waals surface area (Å²) in [5.41, 5.74) is 1.03. The quantitative estimate of drug-likeness (QED) is 0.636. The highest BCUT2D eigenvalue weighted by Crippen LogP contribution is 2.29. The predicted octanol–water partition coefficient (Wildman–Crippen LogP) is 3.27. The van der Waals surface area contributed by atoms with E-state index >= 15 is 0 Å². The molecule has 1 aliphatic heterocycles. The van der Waals surface area contributed by atoms with E-state index in [1.807, 2.05) is 30.3 Å². The van der Waals surface area contributed by atoms with Gasteiger partial charge in [-0.05, 0) is 56.9 Å². The third kappa shape index (κ3) is 5.64. The van der Waals surface area contributed by atoms with Crippen LogP contribution in [0.2, 0.25) is 0 Å². The Hall–Kier alpha value is -2.42. The Morgan fingerprint density at radius 2 is 1.58 bits per heavy atom. The summed E-state index contributed by atoms with van der Waals surface area (Å²) < 4.78 is 26.8. The van der Waals surface area contributed by atoms with Gasteiger partial charge in [-0.15, -0.1) is 0 Å². The molecule has 168 valence electrons. The molecule has 1 saturated heterocycles. The fourth-order valence-corrected chi connectivity index (χ4v) is 4.55. The van der Waals surface area contributed by atoms with E-state index < -0.39 is 20.9 Å². The first-order valence-corrected chi connectivity index (χ1v) is 12.1. The minimum absolute atomic E-state index is 0.143. The number of aliphatic hydroxyl groups is 1. The van der Waals surface area contributed by atoms with E-state index in [4.69, 9.17) is 0 Å². The number of rotatable bonds is 6. The van der Waals surface area contributed by atoms with E-state index in [-0.39, 0.29) is 12.1 Å². The second kappa shape index (κ2) is 9.38. The van der Waals surface area contributed by atoms with Crippen molar-refractivity contribution < 1.29 is 18.3 Å². The molecule has 0 bridgehead atoms. The fraction of sp³-hybridized carbons (Fsp3) is 0.435. The third-order valence-corrected chi connectivity index (χ3v) is 7.67. The summed E-state index contributed by atoms with van der Waals surface area (Å²) >= 11 is 0. The molecule has 31 heavy (non-hydrogen) atoms. The number of hydrogen-bond acceptors (Lipinski definition) is 4. The summed E-state index contributed by atoms with van der Waals surface area (Å²) in [6.07, 6.45) is 1.16. The van der Waals surface area contributed by atoms with Crippen molar-refractivity contribution in [3.05, 3.63) is 65.7 Å². The van der Waals surface area contributed by atoms with Crippen LogP contribution >= 0.6 is 0 Å². The molecule has 1 aliphatic rings. The molecule has 0 spiro atoms. The summed E-state index contributed by atoms with van der Waals surface area (Å²) in [5, 5.41) is 13.3. The first kappa shape index (κ1) is 23.2. The molecule has 0 aliphatic carbocycles. The molecule has 1 fully saturated rings. The largest absolute Gasteiger partial charge is 0.381 e. The third-order valence-electron chi connectivity index (χ3n) is 5.77. The Balaban J connectivity index is 1.56. The lowest BCUT2D eigenvalue weighted by molar-refractivity contribution is 0.102. The summed E-state index contributed by atoms with van der Waals surface area (Å²) in [7, 11) is -3.31. The van der Waals surface area contributed by atoms with Crippen LogP contribution in [-0.4, -0.2) is 48.8 Å². The van der Waals surface area contributed by atoms with Gasteiger partial charge in [0.1, 0.15) is 5.60 Å². The molecular weight excluding hydrogens is 414 g/mol. The molecular formula is C23H31N3O4S. The lowest BCUT2D eigenvalue weighted by Gasteiger charge is -2.32. The predicted molar refractivity (Wildman–Crippen MR) is 122 cm³/mol. The molecule has 8 heteroatoms. The molecule has 2 amide bonds. The number of carbonyl (C=O) groups excluding carboxylic acids is 1. The van der Waals surface area contributed by atoms with Gasteiger partial charge in [-0.1, -0.05) is 42.5 Å². The summed E-state index contributed by atoms with van der Waals surface area (Å²) in [6, 6.07) is 16.2. The van der Waals surface area contributed by atoms with Crippen LogP contribution in [0.5, 0.6) is 0 Å². The number of nitrogens with one attached hydrogen (secondary N) is 2. The lowest BCUT2D eigenvalue weighted by Crippen LogP contribution is -2.48. The molecule has 1 heterocycles. The van der Waals surface area contributed by atoms with Crippen molar-refractivity contribution in [2.24, 2.45) is 0 Å². The number of nitrogens with zero attached hydrogens (tertiary/aromatic N) is 1. The summed E-state index contributed by atoms with van der Waals surface area (Å²) in [5.74, 6) is 0. The standard InChI is InChI=1S/C23H31N3O4S/c1-17(2)31(29,30)25-21-13-15-26(16-14-21)22(27)24-20-11-9-19(10-12-20)23(3,28)18-7-5-4-6-8-18/h4-12,17,21,25,28H,13-16H2,1-3H3,(H,24,27). The number of amides is 2. The normalized spacial score (nSPS) is 17.4. The second-order valence-electron chi connectivity index (χ2n) is 8.42. The Kier molecular flexibility index (Phi) is 7.03. The second-order valence-corrected chi connectivity index (χ2v) is 10.7. The molecule has 1 unspecified atom stereocenters. The van der Waals surface area contributed by atoms with Crippen LogP contribution in [0.3, 0.4) is 0 Å². The smallest absolute Gasteiger partial charge is 0.321 e. The van der Waals surface area contributed by atoms with Gasteiger partial charge in [-0.2, -0.15) is 0 Å². The minimum Gasteiger partial charge on any atom is -0.381 e. The Morgan fingerprint density at radius 1 is 1.03 bits per heavy atom. The maximum atomic E-state index is 12.6. The van der Waals surface area contributed by atoms with Crippen LogP contribution in [0, 0.1) is 0 Å². The zero-order chi connectivity index (χ0) is 22.6. The number of sulfonamides is 1. The van der Waals surface area contributed by atoms with Gasteiger partial charge in [0, 0.05) is 24.8 Å². The van der Waals surface area contributed by atoms with Crippen LogP contribution < -0.4 is 10.0 Å². The highest BCUT2D eigenvalue weighted by atomic mass is 32.2. The Morgan fingerprint density at radius 3 is 2.13 bits per heavy atom. The van der Waals surface area contributed by atoms with Crippen molar-refractivity contribution >= 4 is 21.7 Å². The molecule has 3 N–H and O–H groups in total. The van der Waals surface area contributed by atoms with E-state index in [0.29, 0.717) is 31.6 Å². The van der Waals surface area contributed by atoms with Crippen LogP contribution in [-0.2, 0) is 15.6 Å². The molecule has 1 atom stereocenters. The number of anilines is 1. The number of likely N-dealkylation sites (tertiary alicyclic amines) is 1. The van der Waals surface area contributed by atoms with Crippen molar-refractivity contribution in [3.8, 4) is 0 Å². The minimum atomic E-state index is -3.31. The van der Waals surface area contributed by atoms with Gasteiger partial charge in [0.2, 0.25) is 10.0 Å². The van der Waals surface area contributed by atoms with Gasteiger partial charge in [0.25, 0.3) is 0 Å². The van der Waals surface area contributed by atoms with E-state index in [0.717, 1.165) is 11.1 Å². The van der Waals surface area contributed by atoms with Gasteiger partial charge < -0.3 is 15.3 Å². The van der Waals surface area contributed by atoms with Crippen LogP contribution in [0.25, 0.3) is 0 Å². The SMILES string of the molecule is CC(C)S(=O)(=O)NC1CCN(C(=O)Nc2ccc(C(C)(O)c3ccccc3)cc2)CC1. The van der Waals surface area contributed by atoms with Crippen molar-refractivity contribution in [3.63, 3.8) is 0 Å². The van der Waals surface area contributed by atoms with Crippen molar-refractivity contribution in [2.75, 3.05) is 18.4 Å². The average molecular weight is 446 g/mol. The number of hydrogen-bond donors (Lipinski definition) is 3. The Bertz CT molecular complexity index is 981. The van der Waals surface area contributed by atoms with E-state index in [9.17, 15) is 18.3 Å². The molecule has 2 aromatic carbocycles. The van der Waals surface area contributed by atoms with Crippen LogP contribution in [0.15, 0.2) is 54.6 Å². The number of piperidine rings is 1. The zero-order valence-corrected chi connectivity index (χ0v) is 19.0. The van der Waals surface area contributed by atoms with Crippen molar-refractivity contribution in [2.45, 2.75) is 50.5 Å². The fourth-order valence-electron chi connectivity index (χ4n) is 3.58. The monoisotopic (exact) mass is 445 g/mol. The summed E-state index contributed by atoms with van der Waals surface area (Å²) in [6.45, 7) is 6.01. The highest BCUT2D eigenvalue weighted by Gasteiger charge is 2.28. The molecule has 0 saturated carbocycles. The summed E-state index contributed by atoms with van der Waals surface area (Å²) in [4.78, 5) is 14.3. The lowest BCUT2D eigenvalue weighted by atomic mass is 9.88. The molecule has 0 aromatic heterocycles. The van der Waals surface area contributed by atoms with E-state index in [1.54, 1.807) is 49.9 Å². The topological polar surface area (TPSA) is 98.7 Å². The van der Waals surface area contributed by atoms with Gasteiger partial charge in [0.05, 0.1) is 5.25 Å². The number of urea groups is 1. The number of benzene rings is 2. The van der Waals surface area contributed by atoms with Gasteiger partial charge in [-0.25, -0.2) is 17.9 Å². The van der Waals surface area contributed by atoms with E-state index in [2.05, 4.69) is 10.0 Å². The highest BCUT2D eigenvalue weighted by molar-refractivity contribution is 7.90. The first-order valence-electron chi connectivity index (χ1n) is 10.5. The molecule has 7 nitrogen and oxygen atoms in total. The van der Waals surface area contributed by atoms with Crippen molar-refractivity contribution in [1.82, 2.24) is 9.62 Å². The maximum absolute atomic E-state index is 12.6. The van der Waals surface area contributed by atoms with Gasteiger partial charge in [0.15, 0.2) is 0 Å². The van der Waals surface area contributed by atoms with Crippen LogP contribution in [0.1, 0.15) is 44.7 Å². The Labute approximate surface area is 184 Å². The molecule has 3 rings (SSSR count). The molecule has 2 aromatic rings. The van der Waals surface area contributed by atoms with Gasteiger partial charge in [-0.3, -0.25) is 0 Å². The molecule has 0 radical (unpaired) electrons. The average Bonchev–Trinajstić information content (AvgIpc) is 2.75. The van der Waals surface area contributed by atoms with E-state index in [1.165, 1.54) is 0 Å². The number of carbonyl (C=O) groups is 1. The van der Waals surface area contributed by atoms with Gasteiger partial charge >= 0.3 is 6.03 Å². The van der Waals surface area contributed by atoms with Crippen LogP contribution in [0.4, 0.5) is 10.5 Å². The zero-order valence-electron chi connectivity index (χ0n) is 18.2. The maximum Gasteiger partial charge on any atom is 0.321 e.